The average molecular weight is 285 g/mol. The quantitative estimate of drug-likeness (QED) is 0.752. The molecule has 110 valence electrons. The van der Waals surface area contributed by atoms with Crippen LogP contribution in [0, 0.1) is 0 Å². The third-order valence-corrected chi connectivity index (χ3v) is 3.98. The third kappa shape index (κ3) is 2.40. The molecule has 0 bridgehead atoms. The number of para-hydroxylation sites is 1. The molecule has 3 rings (SSSR count). The number of nitrogens with zero attached hydrogens (tertiary/aromatic N) is 1. The highest BCUT2D eigenvalue weighted by atomic mass is 16.3. The molecule has 21 heavy (non-hydrogen) atoms. The van der Waals surface area contributed by atoms with E-state index in [0.717, 1.165) is 11.2 Å². The smallest absolute Gasteiger partial charge is 0.318 e. The van der Waals surface area contributed by atoms with Crippen LogP contribution in [0.5, 0.6) is 0 Å². The molecule has 1 atom stereocenters. The van der Waals surface area contributed by atoms with Gasteiger partial charge in [-0.05, 0) is 18.1 Å². The van der Waals surface area contributed by atoms with E-state index >= 15 is 0 Å². The van der Waals surface area contributed by atoms with Gasteiger partial charge in [-0.25, -0.2) is 4.79 Å². The molecule has 1 aromatic carbocycles. The first-order valence-corrected chi connectivity index (χ1v) is 7.09. The Hall–Kier alpha value is -2.27. The maximum absolute atomic E-state index is 12.2. The lowest BCUT2D eigenvalue weighted by atomic mass is 9.97. The number of carbonyl (C=O) groups is 1. The summed E-state index contributed by atoms with van der Waals surface area (Å²) >= 11 is 0. The molecule has 1 aromatic heterocycles. The molecule has 1 aliphatic rings. The van der Waals surface area contributed by atoms with E-state index in [0.29, 0.717) is 19.5 Å². The van der Waals surface area contributed by atoms with E-state index in [4.69, 9.17) is 0 Å². The van der Waals surface area contributed by atoms with E-state index < -0.39 is 0 Å². The van der Waals surface area contributed by atoms with Crippen LogP contribution in [-0.4, -0.2) is 40.2 Å². The number of benzene rings is 1. The van der Waals surface area contributed by atoms with Crippen molar-refractivity contribution in [1.29, 1.82) is 0 Å². The second kappa shape index (κ2) is 5.61. The van der Waals surface area contributed by atoms with Crippen molar-refractivity contribution in [3.8, 4) is 0 Å². The Kier molecular flexibility index (Phi) is 3.66. The van der Waals surface area contributed by atoms with Crippen LogP contribution in [0.25, 0.3) is 10.9 Å². The molecular formula is C16H19N3O2. The van der Waals surface area contributed by atoms with E-state index in [9.17, 15) is 9.90 Å². The maximum atomic E-state index is 12.2. The van der Waals surface area contributed by atoms with Gasteiger partial charge in [0, 0.05) is 23.1 Å². The molecular weight excluding hydrogens is 266 g/mol. The van der Waals surface area contributed by atoms with Crippen molar-refractivity contribution in [3.05, 3.63) is 48.2 Å². The first kappa shape index (κ1) is 13.7. The van der Waals surface area contributed by atoms with E-state index in [-0.39, 0.29) is 18.7 Å². The van der Waals surface area contributed by atoms with Crippen LogP contribution in [-0.2, 0) is 13.0 Å². The Morgan fingerprint density at radius 3 is 3.10 bits per heavy atom. The fraction of sp³-hybridized carbons (Fsp3) is 0.312. The molecule has 0 saturated heterocycles. The second-order valence-corrected chi connectivity index (χ2v) is 5.27. The fourth-order valence-electron chi connectivity index (χ4n) is 2.93. The number of amides is 2. The zero-order valence-corrected chi connectivity index (χ0v) is 11.8. The Balaban J connectivity index is 1.92. The molecule has 2 heterocycles. The van der Waals surface area contributed by atoms with Gasteiger partial charge in [-0.15, -0.1) is 6.58 Å². The summed E-state index contributed by atoms with van der Waals surface area (Å²) in [5.41, 5.74) is 3.33. The number of rotatable bonds is 3. The highest BCUT2D eigenvalue weighted by Gasteiger charge is 2.31. The number of H-pyrrole nitrogens is 1. The topological polar surface area (TPSA) is 68.4 Å². The number of fused-ring (bicyclic) bond motifs is 3. The van der Waals surface area contributed by atoms with Crippen LogP contribution in [0.4, 0.5) is 4.79 Å². The van der Waals surface area contributed by atoms with Crippen molar-refractivity contribution < 1.29 is 9.90 Å². The Bertz CT molecular complexity index is 677. The van der Waals surface area contributed by atoms with E-state index in [2.05, 4.69) is 22.9 Å². The normalized spacial score (nSPS) is 17.6. The van der Waals surface area contributed by atoms with Crippen LogP contribution >= 0.6 is 0 Å². The number of nitrogens with one attached hydrogen (secondary N) is 2. The van der Waals surface area contributed by atoms with Gasteiger partial charge in [-0.1, -0.05) is 24.3 Å². The largest absolute Gasteiger partial charge is 0.394 e. The summed E-state index contributed by atoms with van der Waals surface area (Å²) < 4.78 is 0. The average Bonchev–Trinajstić information content (AvgIpc) is 2.88. The summed E-state index contributed by atoms with van der Waals surface area (Å²) in [5.74, 6) is 0. The molecule has 0 spiro atoms. The third-order valence-electron chi connectivity index (χ3n) is 3.98. The summed E-state index contributed by atoms with van der Waals surface area (Å²) in [4.78, 5) is 17.3. The number of aromatic nitrogens is 1. The SMILES string of the molecule is C=CCNC(=O)N1Cc2[nH]c3ccccc3c2CC1CO. The first-order chi connectivity index (χ1) is 10.2. The number of carbonyl (C=O) groups excluding carboxylic acids is 1. The van der Waals surface area contributed by atoms with Crippen molar-refractivity contribution in [2.45, 2.75) is 19.0 Å². The second-order valence-electron chi connectivity index (χ2n) is 5.27. The van der Waals surface area contributed by atoms with Gasteiger partial charge in [0.05, 0.1) is 19.2 Å². The lowest BCUT2D eigenvalue weighted by Crippen LogP contribution is -2.50. The van der Waals surface area contributed by atoms with Crippen molar-refractivity contribution in [3.63, 3.8) is 0 Å². The zero-order valence-electron chi connectivity index (χ0n) is 11.8. The van der Waals surface area contributed by atoms with Gasteiger partial charge >= 0.3 is 6.03 Å². The number of hydrogen-bond donors (Lipinski definition) is 3. The van der Waals surface area contributed by atoms with Gasteiger partial charge in [0.2, 0.25) is 0 Å². The van der Waals surface area contributed by atoms with Crippen LogP contribution in [0.2, 0.25) is 0 Å². The number of urea groups is 1. The molecule has 1 aliphatic heterocycles. The predicted molar refractivity (Wildman–Crippen MR) is 82.0 cm³/mol. The van der Waals surface area contributed by atoms with Gasteiger partial charge in [-0.3, -0.25) is 0 Å². The molecule has 3 N–H and O–H groups in total. The molecule has 2 aromatic rings. The zero-order chi connectivity index (χ0) is 14.8. The van der Waals surface area contributed by atoms with Crippen LogP contribution in [0.3, 0.4) is 0 Å². The summed E-state index contributed by atoms with van der Waals surface area (Å²) in [6, 6.07) is 7.74. The van der Waals surface area contributed by atoms with Gasteiger partial charge < -0.3 is 20.3 Å². The predicted octanol–water partition coefficient (Wildman–Crippen LogP) is 1.78. The summed E-state index contributed by atoms with van der Waals surface area (Å²) in [6.07, 6.45) is 2.31. The van der Waals surface area contributed by atoms with Crippen LogP contribution in [0.15, 0.2) is 36.9 Å². The molecule has 5 heteroatoms. The number of hydrogen-bond acceptors (Lipinski definition) is 2. The lowest BCUT2D eigenvalue weighted by molar-refractivity contribution is 0.121. The van der Waals surface area contributed by atoms with Gasteiger partial charge in [0.15, 0.2) is 0 Å². The van der Waals surface area contributed by atoms with Gasteiger partial charge in [-0.2, -0.15) is 0 Å². The fourth-order valence-corrected chi connectivity index (χ4v) is 2.93. The molecule has 0 radical (unpaired) electrons. The van der Waals surface area contributed by atoms with Crippen molar-refractivity contribution in [2.24, 2.45) is 0 Å². The Morgan fingerprint density at radius 1 is 1.52 bits per heavy atom. The minimum Gasteiger partial charge on any atom is -0.394 e. The van der Waals surface area contributed by atoms with E-state index in [1.54, 1.807) is 11.0 Å². The monoisotopic (exact) mass is 285 g/mol. The Labute approximate surface area is 123 Å². The lowest BCUT2D eigenvalue weighted by Gasteiger charge is -2.34. The van der Waals surface area contributed by atoms with Crippen LogP contribution in [0.1, 0.15) is 11.3 Å². The summed E-state index contributed by atoms with van der Waals surface area (Å²) in [7, 11) is 0. The van der Waals surface area contributed by atoms with Crippen molar-refractivity contribution in [1.82, 2.24) is 15.2 Å². The van der Waals surface area contributed by atoms with Crippen LogP contribution < -0.4 is 5.32 Å². The number of aliphatic hydroxyl groups is 1. The molecule has 2 amide bonds. The minimum absolute atomic E-state index is 0.0412. The highest BCUT2D eigenvalue weighted by molar-refractivity contribution is 5.85. The minimum atomic E-state index is -0.193. The summed E-state index contributed by atoms with van der Waals surface area (Å²) in [5, 5.41) is 13.6. The maximum Gasteiger partial charge on any atom is 0.318 e. The van der Waals surface area contributed by atoms with Crippen molar-refractivity contribution in [2.75, 3.05) is 13.2 Å². The van der Waals surface area contributed by atoms with Gasteiger partial charge in [0.1, 0.15) is 0 Å². The number of aliphatic hydroxyl groups excluding tert-OH is 1. The number of aromatic amines is 1. The van der Waals surface area contributed by atoms with Gasteiger partial charge in [0.25, 0.3) is 0 Å². The molecule has 5 nitrogen and oxygen atoms in total. The molecule has 1 unspecified atom stereocenters. The Morgan fingerprint density at radius 2 is 2.33 bits per heavy atom. The van der Waals surface area contributed by atoms with E-state index in [1.807, 2.05) is 18.2 Å². The molecule has 0 saturated carbocycles. The molecule has 0 aliphatic carbocycles. The van der Waals surface area contributed by atoms with Crippen molar-refractivity contribution >= 4 is 16.9 Å². The molecule has 0 fully saturated rings. The first-order valence-electron chi connectivity index (χ1n) is 7.09. The van der Waals surface area contributed by atoms with E-state index in [1.165, 1.54) is 10.9 Å². The summed E-state index contributed by atoms with van der Waals surface area (Å²) in [6.45, 7) is 4.46. The highest BCUT2D eigenvalue weighted by Crippen LogP contribution is 2.30. The standard InChI is InChI=1S/C16H19N3O2/c1-2-7-17-16(21)19-9-15-13(8-11(19)10-20)12-5-3-4-6-14(12)18-15/h2-6,11,18,20H,1,7-10H2,(H,17,21).